The number of amides is 1. The third kappa shape index (κ3) is 5.59. The highest BCUT2D eigenvalue weighted by Crippen LogP contribution is 2.16. The van der Waals surface area contributed by atoms with E-state index in [1.165, 1.54) is 6.07 Å². The Morgan fingerprint density at radius 1 is 1.40 bits per heavy atom. The Morgan fingerprint density at radius 2 is 2.05 bits per heavy atom. The van der Waals surface area contributed by atoms with E-state index in [4.69, 9.17) is 0 Å². The molecule has 0 aliphatic rings. The monoisotopic (exact) mass is 344 g/mol. The fraction of sp³-hybridized carbons (Fsp3) is 0.533. The zero-order chi connectivity index (χ0) is 15.3. The number of halogens is 2. The molecule has 112 valence electrons. The second-order valence-corrected chi connectivity index (χ2v) is 6.55. The number of nitrogens with zero attached hydrogens (tertiary/aromatic N) is 1. The van der Waals surface area contributed by atoms with Gasteiger partial charge in [-0.15, -0.1) is 0 Å². The maximum absolute atomic E-state index is 13.5. The molecule has 0 saturated carbocycles. The molecule has 0 fully saturated rings. The lowest BCUT2D eigenvalue weighted by molar-refractivity contribution is 0.0924. The molecule has 1 aromatic rings. The van der Waals surface area contributed by atoms with Crippen LogP contribution in [0.5, 0.6) is 0 Å². The van der Waals surface area contributed by atoms with Gasteiger partial charge in [0.2, 0.25) is 0 Å². The van der Waals surface area contributed by atoms with Gasteiger partial charge in [0, 0.05) is 18.2 Å². The van der Waals surface area contributed by atoms with Crippen LogP contribution >= 0.6 is 15.9 Å². The zero-order valence-corrected chi connectivity index (χ0v) is 14.0. The number of hydrogen-bond donors (Lipinski definition) is 1. The molecule has 20 heavy (non-hydrogen) atoms. The van der Waals surface area contributed by atoms with Gasteiger partial charge in [-0.1, -0.05) is 13.8 Å². The van der Waals surface area contributed by atoms with Gasteiger partial charge in [-0.3, -0.25) is 4.79 Å². The molecule has 1 amide bonds. The Bertz CT molecular complexity index is 453. The summed E-state index contributed by atoms with van der Waals surface area (Å²) in [6.45, 7) is 5.01. The lowest BCUT2D eigenvalue weighted by Gasteiger charge is -2.24. The number of benzene rings is 1. The molecule has 3 nitrogen and oxygen atoms in total. The molecule has 0 aromatic heterocycles. The molecular formula is C15H22BrFN2O. The van der Waals surface area contributed by atoms with E-state index in [1.807, 2.05) is 19.0 Å². The summed E-state index contributed by atoms with van der Waals surface area (Å²) >= 11 is 3.08. The third-order valence-corrected chi connectivity index (χ3v) is 3.50. The first-order valence-electron chi connectivity index (χ1n) is 6.70. The molecule has 0 bridgehead atoms. The first kappa shape index (κ1) is 17.1. The number of likely N-dealkylation sites (N-methyl/N-ethyl adjacent to an activating group) is 1. The van der Waals surface area contributed by atoms with E-state index in [1.54, 1.807) is 12.1 Å². The van der Waals surface area contributed by atoms with E-state index in [9.17, 15) is 9.18 Å². The van der Waals surface area contributed by atoms with Crippen LogP contribution in [0.3, 0.4) is 0 Å². The second kappa shape index (κ2) is 7.74. The molecule has 0 saturated heterocycles. The van der Waals surface area contributed by atoms with Crippen LogP contribution in [0.25, 0.3) is 0 Å². The van der Waals surface area contributed by atoms with E-state index in [0.717, 1.165) is 13.0 Å². The van der Waals surface area contributed by atoms with Crippen molar-refractivity contribution in [1.82, 2.24) is 10.2 Å². The van der Waals surface area contributed by atoms with Crippen molar-refractivity contribution >= 4 is 21.8 Å². The number of rotatable bonds is 6. The molecule has 1 atom stereocenters. The van der Waals surface area contributed by atoms with Crippen molar-refractivity contribution in [3.05, 3.63) is 34.1 Å². The minimum absolute atomic E-state index is 0.0595. The largest absolute Gasteiger partial charge is 0.348 e. The summed E-state index contributed by atoms with van der Waals surface area (Å²) in [5.41, 5.74) is 0.346. The van der Waals surface area contributed by atoms with Gasteiger partial charge < -0.3 is 10.2 Å². The Labute approximate surface area is 128 Å². The van der Waals surface area contributed by atoms with E-state index in [2.05, 4.69) is 35.1 Å². The quantitative estimate of drug-likeness (QED) is 0.858. The smallest absolute Gasteiger partial charge is 0.251 e. The van der Waals surface area contributed by atoms with Crippen molar-refractivity contribution in [2.45, 2.75) is 26.3 Å². The van der Waals surface area contributed by atoms with Gasteiger partial charge >= 0.3 is 0 Å². The summed E-state index contributed by atoms with van der Waals surface area (Å²) in [7, 11) is 3.94. The zero-order valence-electron chi connectivity index (χ0n) is 12.4. The van der Waals surface area contributed by atoms with Gasteiger partial charge in [-0.25, -0.2) is 4.39 Å². The molecule has 1 N–H and O–H groups in total. The molecular weight excluding hydrogens is 323 g/mol. The third-order valence-electron chi connectivity index (χ3n) is 2.86. The van der Waals surface area contributed by atoms with Crippen molar-refractivity contribution in [3.8, 4) is 0 Å². The minimum atomic E-state index is -0.425. The van der Waals surface area contributed by atoms with Gasteiger partial charge in [-0.05, 0) is 60.6 Å². The Kier molecular flexibility index (Phi) is 6.62. The topological polar surface area (TPSA) is 32.3 Å². The predicted molar refractivity (Wildman–Crippen MR) is 83.4 cm³/mol. The van der Waals surface area contributed by atoms with Crippen molar-refractivity contribution in [2.75, 3.05) is 20.6 Å². The van der Waals surface area contributed by atoms with E-state index in [0.29, 0.717) is 16.0 Å². The normalized spacial score (nSPS) is 12.8. The lowest BCUT2D eigenvalue weighted by atomic mass is 10.0. The van der Waals surface area contributed by atoms with E-state index >= 15 is 0 Å². The Balaban J connectivity index is 2.76. The van der Waals surface area contributed by atoms with Crippen LogP contribution in [0.1, 0.15) is 30.6 Å². The fourth-order valence-corrected chi connectivity index (χ4v) is 2.34. The minimum Gasteiger partial charge on any atom is -0.348 e. The van der Waals surface area contributed by atoms with Crippen LogP contribution in [0.2, 0.25) is 0 Å². The molecule has 0 aliphatic carbocycles. The average Bonchev–Trinajstić information content (AvgIpc) is 2.30. The molecule has 1 unspecified atom stereocenters. The summed E-state index contributed by atoms with van der Waals surface area (Å²) in [4.78, 5) is 14.2. The van der Waals surface area contributed by atoms with Crippen molar-refractivity contribution < 1.29 is 9.18 Å². The van der Waals surface area contributed by atoms with Crippen molar-refractivity contribution in [2.24, 2.45) is 5.92 Å². The average molecular weight is 345 g/mol. The van der Waals surface area contributed by atoms with Gasteiger partial charge in [0.1, 0.15) is 5.82 Å². The molecule has 5 heteroatoms. The van der Waals surface area contributed by atoms with Crippen LogP contribution in [0.15, 0.2) is 22.7 Å². The van der Waals surface area contributed by atoms with Crippen LogP contribution < -0.4 is 5.32 Å². The van der Waals surface area contributed by atoms with Gasteiger partial charge in [-0.2, -0.15) is 0 Å². The van der Waals surface area contributed by atoms with Gasteiger partial charge in [0.25, 0.3) is 5.91 Å². The standard InChI is InChI=1S/C15H22BrFN2O/c1-10(2)7-12(9-19(3)4)18-15(20)11-5-6-13(16)14(17)8-11/h5-6,8,10,12H,7,9H2,1-4H3,(H,18,20). The van der Waals surface area contributed by atoms with Crippen LogP contribution in [0, 0.1) is 11.7 Å². The van der Waals surface area contributed by atoms with Crippen molar-refractivity contribution in [1.29, 1.82) is 0 Å². The summed E-state index contributed by atoms with van der Waals surface area (Å²) in [6.07, 6.45) is 0.892. The SMILES string of the molecule is CC(C)CC(CN(C)C)NC(=O)c1ccc(Br)c(F)c1. The molecule has 0 aliphatic heterocycles. The highest BCUT2D eigenvalue weighted by Gasteiger charge is 2.16. The summed E-state index contributed by atoms with van der Waals surface area (Å²) < 4.78 is 13.8. The Morgan fingerprint density at radius 3 is 2.55 bits per heavy atom. The Hall–Kier alpha value is -0.940. The number of nitrogens with one attached hydrogen (secondary N) is 1. The van der Waals surface area contributed by atoms with E-state index in [-0.39, 0.29) is 11.9 Å². The van der Waals surface area contributed by atoms with Gasteiger partial charge in [0.15, 0.2) is 0 Å². The first-order valence-corrected chi connectivity index (χ1v) is 7.49. The molecule has 1 aromatic carbocycles. The molecule has 1 rings (SSSR count). The second-order valence-electron chi connectivity index (χ2n) is 5.69. The van der Waals surface area contributed by atoms with Gasteiger partial charge in [0.05, 0.1) is 4.47 Å². The van der Waals surface area contributed by atoms with Crippen LogP contribution in [-0.4, -0.2) is 37.5 Å². The summed E-state index contributed by atoms with van der Waals surface area (Å²) in [5.74, 6) is -0.170. The maximum Gasteiger partial charge on any atom is 0.251 e. The van der Waals surface area contributed by atoms with Crippen molar-refractivity contribution in [3.63, 3.8) is 0 Å². The van der Waals surface area contributed by atoms with E-state index < -0.39 is 5.82 Å². The lowest BCUT2D eigenvalue weighted by Crippen LogP contribution is -2.42. The first-order chi connectivity index (χ1) is 9.29. The summed E-state index contributed by atoms with van der Waals surface area (Å²) in [6, 6.07) is 4.48. The maximum atomic E-state index is 13.5. The molecule has 0 heterocycles. The fourth-order valence-electron chi connectivity index (χ4n) is 2.10. The number of carbonyl (C=O) groups excluding carboxylic acids is 1. The predicted octanol–water partition coefficient (Wildman–Crippen LogP) is 3.29. The van der Waals surface area contributed by atoms with Crippen LogP contribution in [0.4, 0.5) is 4.39 Å². The highest BCUT2D eigenvalue weighted by atomic mass is 79.9. The molecule has 0 radical (unpaired) electrons. The number of carbonyl (C=O) groups is 1. The van der Waals surface area contributed by atoms with Crippen LogP contribution in [-0.2, 0) is 0 Å². The number of hydrogen-bond acceptors (Lipinski definition) is 2. The molecule has 0 spiro atoms. The highest BCUT2D eigenvalue weighted by molar-refractivity contribution is 9.10. The summed E-state index contributed by atoms with van der Waals surface area (Å²) in [5, 5.41) is 2.98.